The quantitative estimate of drug-likeness (QED) is 0.354. The van der Waals surface area contributed by atoms with Crippen LogP contribution in [0.25, 0.3) is 11.1 Å². The molecule has 1 amide bonds. The second-order valence-corrected chi connectivity index (χ2v) is 9.03. The van der Waals surface area contributed by atoms with Crippen LogP contribution in [-0.2, 0) is 11.3 Å². The Labute approximate surface area is 182 Å². The van der Waals surface area contributed by atoms with Gasteiger partial charge in [-0.15, -0.1) is 10.2 Å². The predicted molar refractivity (Wildman–Crippen MR) is 122 cm³/mol. The number of hydrogen-bond acceptors (Lipinski definition) is 7. The number of aromatic nitrogens is 2. The summed E-state index contributed by atoms with van der Waals surface area (Å²) in [6, 6.07) is 21.5. The Morgan fingerprint density at radius 3 is 2.67 bits per heavy atom. The first-order valence-corrected chi connectivity index (χ1v) is 11.1. The fourth-order valence-corrected chi connectivity index (χ4v) is 4.70. The van der Waals surface area contributed by atoms with Crippen LogP contribution >= 0.6 is 23.1 Å². The molecule has 4 rings (SSSR count). The van der Waals surface area contributed by atoms with Gasteiger partial charge in [0.15, 0.2) is 4.34 Å². The molecule has 0 saturated heterocycles. The highest BCUT2D eigenvalue weighted by Crippen LogP contribution is 2.31. The van der Waals surface area contributed by atoms with Crippen molar-refractivity contribution in [2.45, 2.75) is 23.1 Å². The summed E-state index contributed by atoms with van der Waals surface area (Å²) in [7, 11) is 0. The van der Waals surface area contributed by atoms with E-state index in [2.05, 4.69) is 20.8 Å². The number of furan rings is 1. The first-order valence-electron chi connectivity index (χ1n) is 9.41. The Hall–Kier alpha value is -3.10. The van der Waals surface area contributed by atoms with E-state index in [0.29, 0.717) is 11.7 Å². The Kier molecular flexibility index (Phi) is 6.46. The van der Waals surface area contributed by atoms with E-state index in [1.165, 1.54) is 23.1 Å². The van der Waals surface area contributed by atoms with Crippen molar-refractivity contribution in [3.8, 4) is 11.1 Å². The van der Waals surface area contributed by atoms with Crippen molar-refractivity contribution < 1.29 is 9.21 Å². The Balaban J connectivity index is 1.37. The van der Waals surface area contributed by atoms with Gasteiger partial charge in [-0.05, 0) is 30.7 Å². The molecule has 2 aromatic carbocycles. The third kappa shape index (κ3) is 5.08. The number of hydrogen-bond donors (Lipinski definition) is 2. The summed E-state index contributed by atoms with van der Waals surface area (Å²) in [5.41, 5.74) is 2.84. The van der Waals surface area contributed by atoms with Gasteiger partial charge in [-0.25, -0.2) is 0 Å². The Morgan fingerprint density at radius 1 is 1.07 bits per heavy atom. The van der Waals surface area contributed by atoms with Gasteiger partial charge < -0.3 is 15.1 Å². The molecule has 0 bridgehead atoms. The highest BCUT2D eigenvalue weighted by atomic mass is 32.2. The second-order valence-electron chi connectivity index (χ2n) is 6.47. The zero-order valence-electron chi connectivity index (χ0n) is 16.2. The van der Waals surface area contributed by atoms with Gasteiger partial charge in [0.1, 0.15) is 5.76 Å². The van der Waals surface area contributed by atoms with E-state index in [-0.39, 0.29) is 11.2 Å². The van der Waals surface area contributed by atoms with E-state index in [1.807, 2.05) is 73.7 Å². The summed E-state index contributed by atoms with van der Waals surface area (Å²) in [6.45, 7) is 2.40. The van der Waals surface area contributed by atoms with Crippen molar-refractivity contribution in [1.82, 2.24) is 10.2 Å². The lowest BCUT2D eigenvalue weighted by Gasteiger charge is -2.14. The lowest BCUT2D eigenvalue weighted by atomic mass is 10.0. The van der Waals surface area contributed by atoms with Crippen LogP contribution < -0.4 is 10.6 Å². The molecule has 0 aliphatic heterocycles. The van der Waals surface area contributed by atoms with E-state index in [1.54, 1.807) is 6.26 Å². The van der Waals surface area contributed by atoms with Crippen LogP contribution in [0.3, 0.4) is 0 Å². The zero-order chi connectivity index (χ0) is 20.8. The number of thioether (sulfide) groups is 1. The molecular weight excluding hydrogens is 416 g/mol. The third-order valence-electron chi connectivity index (χ3n) is 4.32. The molecule has 8 heteroatoms. The normalized spacial score (nSPS) is 11.8. The van der Waals surface area contributed by atoms with E-state index < -0.39 is 0 Å². The smallest absolute Gasteiger partial charge is 0.237 e. The predicted octanol–water partition coefficient (Wildman–Crippen LogP) is 5.53. The summed E-state index contributed by atoms with van der Waals surface area (Å²) in [4.78, 5) is 12.8. The number of carbonyl (C=O) groups excluding carboxylic acids is 1. The molecule has 2 heterocycles. The summed E-state index contributed by atoms with van der Waals surface area (Å²) in [5, 5.41) is 14.9. The van der Waals surface area contributed by atoms with Crippen LogP contribution in [0.2, 0.25) is 0 Å². The first kappa shape index (κ1) is 20.2. The van der Waals surface area contributed by atoms with E-state index in [9.17, 15) is 4.79 Å². The summed E-state index contributed by atoms with van der Waals surface area (Å²) >= 11 is 2.80. The molecule has 2 aromatic heterocycles. The molecule has 152 valence electrons. The maximum absolute atomic E-state index is 12.8. The molecule has 30 heavy (non-hydrogen) atoms. The van der Waals surface area contributed by atoms with Gasteiger partial charge in [-0.1, -0.05) is 71.6 Å². The number of nitrogens with zero attached hydrogens (tertiary/aromatic N) is 2. The second kappa shape index (κ2) is 9.60. The number of anilines is 2. The summed E-state index contributed by atoms with van der Waals surface area (Å²) in [5.74, 6) is 0.743. The van der Waals surface area contributed by atoms with Gasteiger partial charge in [0.25, 0.3) is 0 Å². The lowest BCUT2D eigenvalue weighted by molar-refractivity contribution is -0.115. The van der Waals surface area contributed by atoms with Gasteiger partial charge in [-0.2, -0.15) is 0 Å². The maximum Gasteiger partial charge on any atom is 0.237 e. The lowest BCUT2D eigenvalue weighted by Crippen LogP contribution is -2.22. The average Bonchev–Trinajstić information content (AvgIpc) is 3.45. The molecular formula is C22H20N4O2S2. The van der Waals surface area contributed by atoms with Crippen molar-refractivity contribution in [3.63, 3.8) is 0 Å². The van der Waals surface area contributed by atoms with Crippen LogP contribution in [0.15, 0.2) is 81.8 Å². The van der Waals surface area contributed by atoms with Gasteiger partial charge in [0, 0.05) is 11.3 Å². The highest BCUT2D eigenvalue weighted by molar-refractivity contribution is 8.02. The third-order valence-corrected chi connectivity index (χ3v) is 6.38. The molecule has 0 spiro atoms. The standard InChI is InChI=1S/C22H20N4O2S2/c1-15(29-22-26-25-21(30-22)23-14-17-10-7-13-28-17)20(27)24-19-12-6-5-11-18(19)16-8-3-2-4-9-16/h2-13,15H,14H2,1H3,(H,23,25)(H,24,27). The van der Waals surface area contributed by atoms with Gasteiger partial charge in [0.2, 0.25) is 11.0 Å². The van der Waals surface area contributed by atoms with Gasteiger partial charge in [0.05, 0.1) is 18.1 Å². The average molecular weight is 437 g/mol. The molecule has 6 nitrogen and oxygen atoms in total. The largest absolute Gasteiger partial charge is 0.467 e. The number of benzene rings is 2. The van der Waals surface area contributed by atoms with Crippen molar-refractivity contribution >= 4 is 39.8 Å². The van der Waals surface area contributed by atoms with Crippen molar-refractivity contribution in [3.05, 3.63) is 78.8 Å². The Bertz CT molecular complexity index is 1100. The monoisotopic (exact) mass is 436 g/mol. The Morgan fingerprint density at radius 2 is 1.87 bits per heavy atom. The van der Waals surface area contributed by atoms with Crippen LogP contribution in [0.5, 0.6) is 0 Å². The summed E-state index contributed by atoms with van der Waals surface area (Å²) < 4.78 is 6.02. The van der Waals surface area contributed by atoms with E-state index in [4.69, 9.17) is 4.42 Å². The van der Waals surface area contributed by atoms with Gasteiger partial charge in [-0.3, -0.25) is 4.79 Å². The van der Waals surface area contributed by atoms with Crippen molar-refractivity contribution in [2.24, 2.45) is 0 Å². The molecule has 0 aliphatic carbocycles. The molecule has 2 N–H and O–H groups in total. The van der Waals surface area contributed by atoms with E-state index >= 15 is 0 Å². The molecule has 0 radical (unpaired) electrons. The number of amides is 1. The van der Waals surface area contributed by atoms with Crippen molar-refractivity contribution in [2.75, 3.05) is 10.6 Å². The maximum atomic E-state index is 12.8. The summed E-state index contributed by atoms with van der Waals surface area (Å²) in [6.07, 6.45) is 1.63. The SMILES string of the molecule is CC(Sc1nnc(NCc2ccco2)s1)C(=O)Nc1ccccc1-c1ccccc1. The van der Waals surface area contributed by atoms with Crippen molar-refractivity contribution in [1.29, 1.82) is 0 Å². The minimum Gasteiger partial charge on any atom is -0.467 e. The van der Waals surface area contributed by atoms with Crippen LogP contribution in [0.1, 0.15) is 12.7 Å². The number of para-hydroxylation sites is 1. The van der Waals surface area contributed by atoms with Gasteiger partial charge >= 0.3 is 0 Å². The fourth-order valence-electron chi connectivity index (χ4n) is 2.81. The topological polar surface area (TPSA) is 80.1 Å². The minimum absolute atomic E-state index is 0.0799. The molecule has 0 fully saturated rings. The fraction of sp³-hybridized carbons (Fsp3) is 0.136. The molecule has 1 atom stereocenters. The van der Waals surface area contributed by atoms with Crippen LogP contribution in [-0.4, -0.2) is 21.4 Å². The van der Waals surface area contributed by atoms with Crippen LogP contribution in [0.4, 0.5) is 10.8 Å². The molecule has 1 unspecified atom stereocenters. The number of nitrogens with one attached hydrogen (secondary N) is 2. The molecule has 0 saturated carbocycles. The van der Waals surface area contributed by atoms with E-state index in [0.717, 1.165) is 26.9 Å². The highest BCUT2D eigenvalue weighted by Gasteiger charge is 2.18. The van der Waals surface area contributed by atoms with Crippen LogP contribution in [0, 0.1) is 0 Å². The number of carbonyl (C=O) groups is 1. The zero-order valence-corrected chi connectivity index (χ0v) is 17.9. The number of rotatable bonds is 8. The molecule has 4 aromatic rings. The first-order chi connectivity index (χ1) is 14.7. The molecule has 0 aliphatic rings. The minimum atomic E-state index is -0.320.